The lowest BCUT2D eigenvalue weighted by molar-refractivity contribution is 1.48. The first kappa shape index (κ1) is 26.8. The average Bonchev–Trinajstić information content (AvgIpc) is 3.69. The first-order valence-corrected chi connectivity index (χ1v) is 16.9. The minimum absolute atomic E-state index is 0.654. The molecule has 214 valence electrons. The van der Waals surface area contributed by atoms with Crippen LogP contribution in [0.5, 0.6) is 0 Å². The maximum absolute atomic E-state index is 10.0. The Labute approximate surface area is 274 Å². The van der Waals surface area contributed by atoms with Gasteiger partial charge in [-0.2, -0.15) is 5.26 Å². The Balaban J connectivity index is 1.26. The number of rotatable bonds is 4. The molecule has 2 aromatic heterocycles. The van der Waals surface area contributed by atoms with E-state index in [9.17, 15) is 5.26 Å². The van der Waals surface area contributed by atoms with Gasteiger partial charge < -0.3 is 0 Å². The molecule has 0 saturated carbocycles. The van der Waals surface area contributed by atoms with Gasteiger partial charge >= 0.3 is 0 Å². The van der Waals surface area contributed by atoms with Gasteiger partial charge in [-0.3, -0.25) is 0 Å². The summed E-state index contributed by atoms with van der Waals surface area (Å²) < 4.78 is 5.19. The highest BCUT2D eigenvalue weighted by Crippen LogP contribution is 2.41. The van der Waals surface area contributed by atoms with E-state index in [1.165, 1.54) is 51.5 Å². The van der Waals surface area contributed by atoms with Crippen molar-refractivity contribution >= 4 is 63.0 Å². The van der Waals surface area contributed by atoms with Crippen molar-refractivity contribution < 1.29 is 0 Å². The molecule has 0 aliphatic carbocycles. The molecule has 3 heteroatoms. The van der Waals surface area contributed by atoms with Crippen molar-refractivity contribution in [1.82, 2.24) is 0 Å². The molecule has 7 aromatic carbocycles. The molecule has 0 amide bonds. The normalized spacial score (nSPS) is 11.5. The molecule has 0 N–H and O–H groups in total. The van der Waals surface area contributed by atoms with Gasteiger partial charge in [0.05, 0.1) is 11.6 Å². The molecule has 0 unspecified atom stereocenters. The lowest BCUT2D eigenvalue weighted by atomic mass is 9.91. The quantitative estimate of drug-likeness (QED) is 0.192. The van der Waals surface area contributed by atoms with Crippen molar-refractivity contribution in [2.24, 2.45) is 0 Å². The highest BCUT2D eigenvalue weighted by atomic mass is 32.1. The number of nitriles is 1. The Hall–Kier alpha value is -5.53. The fourth-order valence-corrected chi connectivity index (χ4v) is 8.89. The molecule has 1 nitrogen and oxygen atoms in total. The second kappa shape index (κ2) is 10.8. The van der Waals surface area contributed by atoms with Crippen LogP contribution >= 0.6 is 22.7 Å². The molecule has 0 atom stereocenters. The number of hydrogen-bond acceptors (Lipinski definition) is 3. The molecule has 2 heterocycles. The highest BCUT2D eigenvalue weighted by molar-refractivity contribution is 7.26. The van der Waals surface area contributed by atoms with E-state index in [2.05, 4.69) is 127 Å². The largest absolute Gasteiger partial charge is 0.192 e. The molecule has 9 aromatic rings. The summed E-state index contributed by atoms with van der Waals surface area (Å²) in [4.78, 5) is 0. The molecule has 0 radical (unpaired) electrons. The molecule has 0 bridgehead atoms. The molecular formula is C43H25NS2. The monoisotopic (exact) mass is 619 g/mol. The van der Waals surface area contributed by atoms with Crippen LogP contribution in [0.4, 0.5) is 0 Å². The summed E-state index contributed by atoms with van der Waals surface area (Å²) >= 11 is 3.69. The van der Waals surface area contributed by atoms with Crippen LogP contribution in [0.3, 0.4) is 0 Å². The van der Waals surface area contributed by atoms with Crippen LogP contribution < -0.4 is 0 Å². The molecule has 9 rings (SSSR count). The third kappa shape index (κ3) is 4.59. The van der Waals surface area contributed by atoms with Gasteiger partial charge in [-0.1, -0.05) is 91.0 Å². The lowest BCUT2D eigenvalue weighted by Crippen LogP contribution is -1.89. The van der Waals surface area contributed by atoms with Crippen molar-refractivity contribution in [3.63, 3.8) is 0 Å². The Morgan fingerprint density at radius 3 is 1.26 bits per heavy atom. The molecular weight excluding hydrogens is 595 g/mol. The summed E-state index contributed by atoms with van der Waals surface area (Å²) in [6.07, 6.45) is 0. The third-order valence-electron chi connectivity index (χ3n) is 8.86. The fraction of sp³-hybridized carbons (Fsp3) is 0. The number of benzene rings is 7. The van der Waals surface area contributed by atoms with E-state index < -0.39 is 0 Å². The van der Waals surface area contributed by atoms with Gasteiger partial charge in [0.2, 0.25) is 0 Å². The second-order valence-electron chi connectivity index (χ2n) is 11.7. The van der Waals surface area contributed by atoms with Crippen LogP contribution in [-0.4, -0.2) is 0 Å². The summed E-state index contributed by atoms with van der Waals surface area (Å²) in [5.74, 6) is 0. The van der Waals surface area contributed by atoms with E-state index in [0.29, 0.717) is 5.56 Å². The van der Waals surface area contributed by atoms with Gasteiger partial charge in [-0.05, 0) is 105 Å². The summed E-state index contributed by atoms with van der Waals surface area (Å²) in [5, 5.41) is 15.2. The fourth-order valence-electron chi connectivity index (χ4n) is 6.59. The van der Waals surface area contributed by atoms with E-state index in [1.807, 2.05) is 53.0 Å². The van der Waals surface area contributed by atoms with E-state index in [-0.39, 0.29) is 0 Å². The minimum Gasteiger partial charge on any atom is -0.192 e. The molecule has 0 aliphatic rings. The SMILES string of the molecule is N#Cc1cc(-c2ccccc2)cc(-c2cc(-c3ccc4c(c3)sc3ccccc34)cc(-c3ccc4c(c3)sc3ccccc34)c2)c1. The van der Waals surface area contributed by atoms with Gasteiger partial charge in [0.1, 0.15) is 0 Å². The zero-order chi connectivity index (χ0) is 30.6. The summed E-state index contributed by atoms with van der Waals surface area (Å²) in [7, 11) is 0. The Bertz CT molecular complexity index is 2520. The van der Waals surface area contributed by atoms with E-state index in [0.717, 1.165) is 33.4 Å². The zero-order valence-corrected chi connectivity index (χ0v) is 26.3. The maximum atomic E-state index is 10.0. The van der Waals surface area contributed by atoms with Crippen molar-refractivity contribution in [1.29, 1.82) is 5.26 Å². The van der Waals surface area contributed by atoms with Gasteiger partial charge in [-0.15, -0.1) is 22.7 Å². The molecule has 0 spiro atoms. The summed E-state index contributed by atoms with van der Waals surface area (Å²) in [5.41, 5.74) is 9.61. The van der Waals surface area contributed by atoms with Crippen LogP contribution in [0, 0.1) is 11.3 Å². The van der Waals surface area contributed by atoms with E-state index in [1.54, 1.807) is 0 Å². The lowest BCUT2D eigenvalue weighted by Gasteiger charge is -2.13. The van der Waals surface area contributed by atoms with Crippen molar-refractivity contribution in [3.05, 3.63) is 157 Å². The van der Waals surface area contributed by atoms with Crippen LogP contribution in [0.15, 0.2) is 152 Å². The summed E-state index contributed by atoms with van der Waals surface area (Å²) in [6, 6.07) is 56.8. The zero-order valence-electron chi connectivity index (χ0n) is 24.7. The number of thiophene rings is 2. The topological polar surface area (TPSA) is 23.8 Å². The molecule has 46 heavy (non-hydrogen) atoms. The molecule has 0 aliphatic heterocycles. The van der Waals surface area contributed by atoms with Gasteiger partial charge in [-0.25, -0.2) is 0 Å². The van der Waals surface area contributed by atoms with Crippen molar-refractivity contribution in [2.45, 2.75) is 0 Å². The highest BCUT2D eigenvalue weighted by Gasteiger charge is 2.13. The molecule has 0 fully saturated rings. The van der Waals surface area contributed by atoms with E-state index in [4.69, 9.17) is 0 Å². The number of hydrogen-bond donors (Lipinski definition) is 0. The van der Waals surface area contributed by atoms with Crippen molar-refractivity contribution in [2.75, 3.05) is 0 Å². The minimum atomic E-state index is 0.654. The Morgan fingerprint density at radius 2 is 0.739 bits per heavy atom. The van der Waals surface area contributed by atoms with Crippen molar-refractivity contribution in [3.8, 4) is 50.6 Å². The number of fused-ring (bicyclic) bond motifs is 6. The van der Waals surface area contributed by atoms with Crippen LogP contribution in [-0.2, 0) is 0 Å². The number of nitrogens with zero attached hydrogens (tertiary/aromatic N) is 1. The smallest absolute Gasteiger partial charge is 0.0992 e. The van der Waals surface area contributed by atoms with Gasteiger partial charge in [0, 0.05) is 40.3 Å². The van der Waals surface area contributed by atoms with Crippen LogP contribution in [0.25, 0.3) is 84.9 Å². The first-order chi connectivity index (χ1) is 22.7. The predicted molar refractivity (Wildman–Crippen MR) is 199 cm³/mol. The summed E-state index contributed by atoms with van der Waals surface area (Å²) in [6.45, 7) is 0. The van der Waals surface area contributed by atoms with Crippen LogP contribution in [0.2, 0.25) is 0 Å². The van der Waals surface area contributed by atoms with E-state index >= 15 is 0 Å². The van der Waals surface area contributed by atoms with Gasteiger partial charge in [0.15, 0.2) is 0 Å². The third-order valence-corrected chi connectivity index (χ3v) is 11.1. The maximum Gasteiger partial charge on any atom is 0.0992 e. The molecule has 0 saturated heterocycles. The standard InChI is InChI=1S/C43H25NS2/c44-26-27-18-31(28-8-2-1-3-9-28)20-32(19-27)35-22-33(29-14-16-38-36-10-4-6-12-40(36)45-42(38)24-29)21-34(23-35)30-15-17-39-37-11-5-7-13-41(37)46-43(39)25-30/h1-25H. The predicted octanol–water partition coefficient (Wildman–Crippen LogP) is 13.0. The van der Waals surface area contributed by atoms with Gasteiger partial charge in [0.25, 0.3) is 0 Å². The average molecular weight is 620 g/mol. The first-order valence-electron chi connectivity index (χ1n) is 15.3. The Kier molecular flexibility index (Phi) is 6.31. The second-order valence-corrected chi connectivity index (χ2v) is 13.9. The van der Waals surface area contributed by atoms with Crippen LogP contribution in [0.1, 0.15) is 5.56 Å². The Morgan fingerprint density at radius 1 is 0.326 bits per heavy atom.